The summed E-state index contributed by atoms with van der Waals surface area (Å²) in [5.74, 6) is -1.17. The number of aromatic nitrogens is 4. The third-order valence-electron chi connectivity index (χ3n) is 1.18. The van der Waals surface area contributed by atoms with Crippen molar-refractivity contribution in [1.29, 1.82) is 0 Å². The zero-order chi connectivity index (χ0) is 9.52. The van der Waals surface area contributed by atoms with Gasteiger partial charge in [0.25, 0.3) is 6.33 Å². The van der Waals surface area contributed by atoms with Gasteiger partial charge in [0.05, 0.1) is 11.7 Å². The van der Waals surface area contributed by atoms with Crippen molar-refractivity contribution in [2.24, 2.45) is 0 Å². The Morgan fingerprint density at radius 2 is 2.46 bits per heavy atom. The Balaban J connectivity index is 0.000000145. The van der Waals surface area contributed by atoms with Gasteiger partial charge in [-0.3, -0.25) is 4.98 Å². The van der Waals surface area contributed by atoms with Crippen LogP contribution < -0.4 is 10.1 Å². The summed E-state index contributed by atoms with van der Waals surface area (Å²) in [6.07, 6.45) is 4.74. The van der Waals surface area contributed by atoms with Crippen LogP contribution in [0.15, 0.2) is 31.0 Å². The van der Waals surface area contributed by atoms with Crippen LogP contribution >= 0.6 is 0 Å². The molecule has 0 radical (unpaired) electrons. The molecule has 3 N–H and O–H groups in total. The molecule has 0 aromatic carbocycles. The van der Waals surface area contributed by atoms with Gasteiger partial charge in [0, 0.05) is 11.3 Å². The van der Waals surface area contributed by atoms with Gasteiger partial charge in [-0.15, -0.1) is 5.10 Å². The van der Waals surface area contributed by atoms with Crippen LogP contribution in [0.4, 0.5) is 0 Å². The van der Waals surface area contributed by atoms with Crippen LogP contribution in [-0.4, -0.2) is 21.2 Å². The molecule has 13 heavy (non-hydrogen) atoms. The molecule has 0 fully saturated rings. The number of carboxylic acid groups (broad SMARTS) is 1. The van der Waals surface area contributed by atoms with E-state index in [2.05, 4.69) is 20.2 Å². The van der Waals surface area contributed by atoms with Crippen molar-refractivity contribution in [3.8, 4) is 0 Å². The predicted molar refractivity (Wildman–Crippen MR) is 40.3 cm³/mol. The number of aromatic carboxylic acids is 1. The van der Waals surface area contributed by atoms with Crippen molar-refractivity contribution < 1.29 is 14.9 Å². The summed E-state index contributed by atoms with van der Waals surface area (Å²) in [7, 11) is 0. The number of hydrogen-bond acceptors (Lipinski definition) is 3. The SMILES string of the molecule is O=C([O-])c1ccc[nH]1.c1n[nH]c[nH+]1. The molecule has 2 aromatic heterocycles. The van der Waals surface area contributed by atoms with Crippen LogP contribution in [0.25, 0.3) is 0 Å². The van der Waals surface area contributed by atoms with Crippen LogP contribution in [0.3, 0.4) is 0 Å². The van der Waals surface area contributed by atoms with E-state index in [4.69, 9.17) is 0 Å². The number of aromatic amines is 3. The van der Waals surface area contributed by atoms with Crippen molar-refractivity contribution in [3.63, 3.8) is 0 Å². The third-order valence-corrected chi connectivity index (χ3v) is 1.18. The maximum atomic E-state index is 9.92. The van der Waals surface area contributed by atoms with Crippen LogP contribution in [-0.2, 0) is 0 Å². The molecule has 6 nitrogen and oxygen atoms in total. The Morgan fingerprint density at radius 3 is 2.69 bits per heavy atom. The fraction of sp³-hybridized carbons (Fsp3) is 0. The van der Waals surface area contributed by atoms with Gasteiger partial charge < -0.3 is 14.9 Å². The summed E-state index contributed by atoms with van der Waals surface area (Å²) in [6, 6.07) is 3.04. The maximum Gasteiger partial charge on any atom is 0.262 e. The van der Waals surface area contributed by atoms with Gasteiger partial charge in [-0.05, 0) is 12.1 Å². The number of H-pyrrole nitrogens is 3. The largest absolute Gasteiger partial charge is 0.543 e. The Bertz CT molecular complexity index is 310. The van der Waals surface area contributed by atoms with E-state index >= 15 is 0 Å². The van der Waals surface area contributed by atoms with Crippen molar-refractivity contribution in [2.45, 2.75) is 0 Å². The summed E-state index contributed by atoms with van der Waals surface area (Å²) in [5.41, 5.74) is 0.116. The average molecular weight is 180 g/mol. The van der Waals surface area contributed by atoms with E-state index < -0.39 is 5.97 Å². The first-order valence-electron chi connectivity index (χ1n) is 3.50. The van der Waals surface area contributed by atoms with E-state index in [-0.39, 0.29) is 5.69 Å². The van der Waals surface area contributed by atoms with Gasteiger partial charge in [-0.25, -0.2) is 0 Å². The lowest BCUT2D eigenvalue weighted by molar-refractivity contribution is -0.377. The van der Waals surface area contributed by atoms with E-state index in [0.29, 0.717) is 0 Å². The highest BCUT2D eigenvalue weighted by molar-refractivity contribution is 5.83. The van der Waals surface area contributed by atoms with Crippen LogP contribution in [0.2, 0.25) is 0 Å². The van der Waals surface area contributed by atoms with Gasteiger partial charge in [0.2, 0.25) is 6.33 Å². The minimum Gasteiger partial charge on any atom is -0.543 e. The highest BCUT2D eigenvalue weighted by Gasteiger charge is 1.87. The van der Waals surface area contributed by atoms with Crippen LogP contribution in [0.1, 0.15) is 10.5 Å². The van der Waals surface area contributed by atoms with Gasteiger partial charge in [0.15, 0.2) is 0 Å². The number of carbonyl (C=O) groups excluding carboxylic acids is 1. The molecular weight excluding hydrogens is 172 g/mol. The molecule has 0 atom stereocenters. The average Bonchev–Trinajstić information content (AvgIpc) is 2.82. The number of hydrogen-bond donors (Lipinski definition) is 2. The second-order valence-corrected chi connectivity index (χ2v) is 2.07. The van der Waals surface area contributed by atoms with Gasteiger partial charge in [-0.2, -0.15) is 0 Å². The fourth-order valence-corrected chi connectivity index (χ4v) is 0.644. The summed E-state index contributed by atoms with van der Waals surface area (Å²) in [6.45, 7) is 0. The molecule has 2 rings (SSSR count). The van der Waals surface area contributed by atoms with E-state index in [0.717, 1.165) is 0 Å². The summed E-state index contributed by atoms with van der Waals surface area (Å²) < 4.78 is 0. The first-order valence-corrected chi connectivity index (χ1v) is 3.50. The van der Waals surface area contributed by atoms with Crippen molar-refractivity contribution >= 4 is 5.97 Å². The first kappa shape index (κ1) is 8.98. The van der Waals surface area contributed by atoms with Crippen molar-refractivity contribution in [1.82, 2.24) is 15.2 Å². The normalized spacial score (nSPS) is 8.62. The van der Waals surface area contributed by atoms with Crippen molar-refractivity contribution in [2.75, 3.05) is 0 Å². The Hall–Kier alpha value is -2.11. The smallest absolute Gasteiger partial charge is 0.262 e. The molecule has 68 valence electrons. The number of nitrogens with one attached hydrogen (secondary N) is 3. The molecular formula is C7H8N4O2. The van der Waals surface area contributed by atoms with Crippen molar-refractivity contribution in [3.05, 3.63) is 36.7 Å². The lowest BCUT2D eigenvalue weighted by atomic mass is 10.4. The monoisotopic (exact) mass is 180 g/mol. The molecule has 0 amide bonds. The number of carboxylic acids is 1. The molecule has 2 aromatic rings. The lowest BCUT2D eigenvalue weighted by Crippen LogP contribution is -2.22. The molecule has 2 heterocycles. The number of carbonyl (C=O) groups is 1. The fourth-order valence-electron chi connectivity index (χ4n) is 0.644. The topological polar surface area (TPSA) is 98.7 Å². The molecule has 0 aliphatic heterocycles. The molecule has 0 saturated carbocycles. The van der Waals surface area contributed by atoms with E-state index in [9.17, 15) is 9.90 Å². The highest BCUT2D eigenvalue weighted by atomic mass is 16.4. The Labute approximate surface area is 73.6 Å². The minimum atomic E-state index is -1.17. The Morgan fingerprint density at radius 1 is 1.62 bits per heavy atom. The quantitative estimate of drug-likeness (QED) is 0.564. The standard InChI is InChI=1S/C5H5NO2.C2H3N3/c7-5(8)4-2-1-3-6-4;1-3-2-5-4-1/h1-3,6H,(H,7,8);1-2H,(H,3,4,5). The maximum absolute atomic E-state index is 9.92. The van der Waals surface area contributed by atoms with Gasteiger partial charge >= 0.3 is 0 Å². The summed E-state index contributed by atoms with van der Waals surface area (Å²) >= 11 is 0. The number of nitrogens with zero attached hydrogens (tertiary/aromatic N) is 1. The molecule has 6 heteroatoms. The van der Waals surface area contributed by atoms with Gasteiger partial charge in [0.1, 0.15) is 0 Å². The molecule has 0 bridgehead atoms. The summed E-state index contributed by atoms with van der Waals surface area (Å²) in [4.78, 5) is 15.1. The van der Waals surface area contributed by atoms with Crippen LogP contribution in [0, 0.1) is 0 Å². The zero-order valence-corrected chi connectivity index (χ0v) is 6.65. The molecule has 0 spiro atoms. The van der Waals surface area contributed by atoms with Crippen LogP contribution in [0.5, 0.6) is 0 Å². The zero-order valence-electron chi connectivity index (χ0n) is 6.65. The first-order chi connectivity index (χ1) is 6.30. The molecule has 0 aliphatic carbocycles. The second kappa shape index (κ2) is 4.70. The summed E-state index contributed by atoms with van der Waals surface area (Å²) in [5, 5.41) is 16.0. The lowest BCUT2D eigenvalue weighted by Gasteiger charge is -1.93. The Kier molecular flexibility index (Phi) is 3.25. The molecule has 0 saturated heterocycles. The van der Waals surface area contributed by atoms with Gasteiger partial charge in [-0.1, -0.05) is 0 Å². The van der Waals surface area contributed by atoms with E-state index in [1.807, 2.05) is 0 Å². The predicted octanol–water partition coefficient (Wildman–Crippen LogP) is -1.40. The minimum absolute atomic E-state index is 0.116. The molecule has 0 aliphatic rings. The highest BCUT2D eigenvalue weighted by Crippen LogP contribution is 1.89. The second-order valence-electron chi connectivity index (χ2n) is 2.07. The molecule has 0 unspecified atom stereocenters. The third kappa shape index (κ3) is 3.19. The number of rotatable bonds is 1. The van der Waals surface area contributed by atoms with E-state index in [1.54, 1.807) is 18.7 Å². The van der Waals surface area contributed by atoms with E-state index in [1.165, 1.54) is 12.3 Å².